The molecule has 1 saturated heterocycles. The molecule has 22 heavy (non-hydrogen) atoms. The van der Waals surface area contributed by atoms with Gasteiger partial charge in [0.1, 0.15) is 5.82 Å². The Kier molecular flexibility index (Phi) is 5.91. The van der Waals surface area contributed by atoms with Crippen LogP contribution in [-0.4, -0.2) is 53.1 Å². The minimum absolute atomic E-state index is 0.0132. The molecule has 1 heterocycles. The van der Waals surface area contributed by atoms with Crippen molar-refractivity contribution < 1.29 is 14.3 Å². The van der Waals surface area contributed by atoms with Crippen molar-refractivity contribution >= 4 is 5.91 Å². The number of aliphatic hydroxyl groups is 1. The fourth-order valence-corrected chi connectivity index (χ4v) is 3.03. The number of nitrogens with zero attached hydrogens (tertiary/aromatic N) is 2. The lowest BCUT2D eigenvalue weighted by Gasteiger charge is -2.27. The number of rotatable bonds is 6. The quantitative estimate of drug-likeness (QED) is 0.874. The van der Waals surface area contributed by atoms with Gasteiger partial charge in [0, 0.05) is 25.2 Å². The van der Waals surface area contributed by atoms with Gasteiger partial charge in [-0.1, -0.05) is 18.2 Å². The molecule has 1 aromatic rings. The molecular weight excluding hydrogens is 283 g/mol. The summed E-state index contributed by atoms with van der Waals surface area (Å²) < 4.78 is 13.6. The normalized spacial score (nSPS) is 20.1. The summed E-state index contributed by atoms with van der Waals surface area (Å²) >= 11 is 0. The van der Waals surface area contributed by atoms with Crippen LogP contribution in [0.2, 0.25) is 0 Å². The van der Waals surface area contributed by atoms with Crippen molar-refractivity contribution in [3.8, 4) is 0 Å². The van der Waals surface area contributed by atoms with Crippen LogP contribution in [0.4, 0.5) is 4.39 Å². The molecule has 0 aliphatic carbocycles. The second kappa shape index (κ2) is 7.70. The Morgan fingerprint density at radius 1 is 1.50 bits per heavy atom. The molecule has 1 amide bonds. The van der Waals surface area contributed by atoms with Crippen LogP contribution in [0.3, 0.4) is 0 Å². The number of carbonyl (C=O) groups excluding carboxylic acids is 1. The fourth-order valence-electron chi connectivity index (χ4n) is 3.03. The maximum absolute atomic E-state index is 13.6. The molecule has 2 unspecified atom stereocenters. The third kappa shape index (κ3) is 4.52. The molecule has 0 aromatic heterocycles. The maximum Gasteiger partial charge on any atom is 0.236 e. The van der Waals surface area contributed by atoms with Crippen LogP contribution in [0.1, 0.15) is 31.7 Å². The predicted molar refractivity (Wildman–Crippen MR) is 83.8 cm³/mol. The molecule has 0 radical (unpaired) electrons. The third-order valence-electron chi connectivity index (χ3n) is 4.24. The number of hydrogen-bond acceptors (Lipinski definition) is 3. The number of halogens is 1. The van der Waals surface area contributed by atoms with Gasteiger partial charge in [-0.15, -0.1) is 0 Å². The Labute approximate surface area is 131 Å². The van der Waals surface area contributed by atoms with E-state index in [0.29, 0.717) is 18.5 Å². The van der Waals surface area contributed by atoms with Gasteiger partial charge >= 0.3 is 0 Å². The van der Waals surface area contributed by atoms with Crippen molar-refractivity contribution in [1.29, 1.82) is 0 Å². The van der Waals surface area contributed by atoms with E-state index in [9.17, 15) is 14.3 Å². The van der Waals surface area contributed by atoms with Crippen LogP contribution in [0, 0.1) is 5.82 Å². The van der Waals surface area contributed by atoms with Gasteiger partial charge < -0.3 is 10.0 Å². The molecule has 1 fully saturated rings. The maximum atomic E-state index is 13.6. The van der Waals surface area contributed by atoms with Crippen LogP contribution in [0.5, 0.6) is 0 Å². The Hall–Kier alpha value is -1.46. The standard InChI is InChI=1S/C17H25FN2O2/c1-13(21)10-15-7-5-9-20(15)12-17(22)19(2)11-14-6-3-4-8-16(14)18/h3-4,6,8,13,15,21H,5,7,9-12H2,1-2H3. The topological polar surface area (TPSA) is 43.8 Å². The van der Waals surface area contributed by atoms with Crippen LogP contribution >= 0.6 is 0 Å². The molecule has 0 spiro atoms. The van der Waals surface area contributed by atoms with Crippen molar-refractivity contribution in [3.63, 3.8) is 0 Å². The second-order valence-electron chi connectivity index (χ2n) is 6.19. The average Bonchev–Trinajstić information content (AvgIpc) is 2.87. The highest BCUT2D eigenvalue weighted by atomic mass is 19.1. The van der Waals surface area contributed by atoms with Gasteiger partial charge in [-0.25, -0.2) is 4.39 Å². The Morgan fingerprint density at radius 2 is 2.23 bits per heavy atom. The smallest absolute Gasteiger partial charge is 0.236 e. The first kappa shape index (κ1) is 16.9. The van der Waals surface area contributed by atoms with Crippen LogP contribution in [0.15, 0.2) is 24.3 Å². The molecule has 1 aliphatic heterocycles. The van der Waals surface area contributed by atoms with E-state index >= 15 is 0 Å². The van der Waals surface area contributed by atoms with Crippen LogP contribution in [-0.2, 0) is 11.3 Å². The number of likely N-dealkylation sites (N-methyl/N-ethyl adjacent to an activating group) is 1. The number of likely N-dealkylation sites (tertiary alicyclic amines) is 1. The molecular formula is C17H25FN2O2. The molecule has 122 valence electrons. The van der Waals surface area contributed by atoms with Gasteiger partial charge in [0.05, 0.1) is 12.6 Å². The van der Waals surface area contributed by atoms with E-state index in [1.54, 1.807) is 37.1 Å². The molecule has 2 rings (SSSR count). The third-order valence-corrected chi connectivity index (χ3v) is 4.24. The molecule has 1 N–H and O–H groups in total. The summed E-state index contributed by atoms with van der Waals surface area (Å²) in [6.45, 7) is 3.28. The lowest BCUT2D eigenvalue weighted by atomic mass is 10.1. The average molecular weight is 308 g/mol. The summed E-state index contributed by atoms with van der Waals surface area (Å²) in [6.07, 6.45) is 2.43. The lowest BCUT2D eigenvalue weighted by Crippen LogP contribution is -2.41. The first-order valence-electron chi connectivity index (χ1n) is 7.87. The Bertz CT molecular complexity index is 507. The summed E-state index contributed by atoms with van der Waals surface area (Å²) in [5.74, 6) is -0.295. The first-order valence-corrected chi connectivity index (χ1v) is 7.87. The van der Waals surface area contributed by atoms with E-state index < -0.39 is 0 Å². The van der Waals surface area contributed by atoms with Crippen molar-refractivity contribution in [3.05, 3.63) is 35.6 Å². The Morgan fingerprint density at radius 3 is 2.91 bits per heavy atom. The summed E-state index contributed by atoms with van der Waals surface area (Å²) in [5.41, 5.74) is 0.528. The fraction of sp³-hybridized carbons (Fsp3) is 0.588. The summed E-state index contributed by atoms with van der Waals surface area (Å²) in [7, 11) is 1.70. The van der Waals surface area contributed by atoms with Crippen molar-refractivity contribution in [1.82, 2.24) is 9.80 Å². The van der Waals surface area contributed by atoms with E-state index in [1.165, 1.54) is 6.07 Å². The molecule has 4 nitrogen and oxygen atoms in total. The predicted octanol–water partition coefficient (Wildman–Crippen LogP) is 2.02. The van der Waals surface area contributed by atoms with Gasteiger partial charge in [0.25, 0.3) is 0 Å². The van der Waals surface area contributed by atoms with Gasteiger partial charge in [-0.05, 0) is 38.8 Å². The van der Waals surface area contributed by atoms with Gasteiger partial charge in [0.2, 0.25) is 5.91 Å². The summed E-state index contributed by atoms with van der Waals surface area (Å²) in [4.78, 5) is 16.0. The number of benzene rings is 1. The molecule has 2 atom stereocenters. The van der Waals surface area contributed by atoms with Crippen LogP contribution in [0.25, 0.3) is 0 Å². The zero-order chi connectivity index (χ0) is 16.1. The van der Waals surface area contributed by atoms with Crippen molar-refractivity contribution in [2.24, 2.45) is 0 Å². The zero-order valence-corrected chi connectivity index (χ0v) is 13.3. The molecule has 1 aromatic carbocycles. The molecule has 1 aliphatic rings. The highest BCUT2D eigenvalue weighted by Crippen LogP contribution is 2.21. The SMILES string of the molecule is CC(O)CC1CCCN1CC(=O)N(C)Cc1ccccc1F. The van der Waals surface area contributed by atoms with E-state index in [-0.39, 0.29) is 30.4 Å². The highest BCUT2D eigenvalue weighted by Gasteiger charge is 2.28. The minimum atomic E-state index is -0.350. The number of aliphatic hydroxyl groups excluding tert-OH is 1. The minimum Gasteiger partial charge on any atom is -0.393 e. The van der Waals surface area contributed by atoms with Crippen molar-refractivity contribution in [2.45, 2.75) is 44.9 Å². The van der Waals surface area contributed by atoms with Gasteiger partial charge in [0.15, 0.2) is 0 Å². The largest absolute Gasteiger partial charge is 0.393 e. The van der Waals surface area contributed by atoms with E-state index in [0.717, 1.165) is 19.4 Å². The van der Waals surface area contributed by atoms with Gasteiger partial charge in [-0.3, -0.25) is 9.69 Å². The highest BCUT2D eigenvalue weighted by molar-refractivity contribution is 5.78. The van der Waals surface area contributed by atoms with Crippen molar-refractivity contribution in [2.75, 3.05) is 20.1 Å². The Balaban J connectivity index is 1.89. The lowest BCUT2D eigenvalue weighted by molar-refractivity contribution is -0.132. The molecule has 0 bridgehead atoms. The summed E-state index contributed by atoms with van der Waals surface area (Å²) in [5, 5.41) is 9.54. The number of amides is 1. The molecule has 0 saturated carbocycles. The summed E-state index contributed by atoms with van der Waals surface area (Å²) in [6, 6.07) is 6.80. The second-order valence-corrected chi connectivity index (χ2v) is 6.19. The first-order chi connectivity index (χ1) is 10.5. The van der Waals surface area contributed by atoms with E-state index in [1.807, 2.05) is 0 Å². The molecule has 5 heteroatoms. The monoisotopic (exact) mass is 308 g/mol. The van der Waals surface area contributed by atoms with Gasteiger partial charge in [-0.2, -0.15) is 0 Å². The zero-order valence-electron chi connectivity index (χ0n) is 13.3. The van der Waals surface area contributed by atoms with E-state index in [4.69, 9.17) is 0 Å². The number of carbonyl (C=O) groups is 1. The van der Waals surface area contributed by atoms with E-state index in [2.05, 4.69) is 4.90 Å². The van der Waals surface area contributed by atoms with Crippen LogP contribution < -0.4 is 0 Å². The number of hydrogen-bond donors (Lipinski definition) is 1.